The van der Waals surface area contributed by atoms with Gasteiger partial charge >= 0.3 is 0 Å². The summed E-state index contributed by atoms with van der Waals surface area (Å²) in [5, 5.41) is 0.994. The third-order valence-electron chi connectivity index (χ3n) is 3.84. The maximum atomic E-state index is 11.4. The zero-order chi connectivity index (χ0) is 15.8. The fraction of sp³-hybridized carbons (Fsp3) is 0. The van der Waals surface area contributed by atoms with Crippen molar-refractivity contribution in [1.82, 2.24) is 9.97 Å². The topological polar surface area (TPSA) is 84.9 Å². The van der Waals surface area contributed by atoms with Gasteiger partial charge in [0, 0.05) is 40.0 Å². The largest absolute Gasteiger partial charge is 0.472 e. The molecule has 0 bridgehead atoms. The van der Waals surface area contributed by atoms with Gasteiger partial charge in [-0.1, -0.05) is 12.1 Å². The van der Waals surface area contributed by atoms with Gasteiger partial charge < -0.3 is 15.1 Å². The van der Waals surface area contributed by atoms with E-state index in [1.165, 1.54) is 0 Å². The second kappa shape index (κ2) is 5.14. The van der Waals surface area contributed by atoms with Crippen LogP contribution in [0.1, 0.15) is 10.4 Å². The highest BCUT2D eigenvalue weighted by atomic mass is 16.3. The van der Waals surface area contributed by atoms with Crippen LogP contribution in [0, 0.1) is 0 Å². The van der Waals surface area contributed by atoms with Crippen LogP contribution in [0.5, 0.6) is 0 Å². The molecule has 0 aliphatic heterocycles. The molecule has 3 heterocycles. The maximum Gasteiger partial charge on any atom is 0.248 e. The van der Waals surface area contributed by atoms with Crippen LogP contribution in [0.2, 0.25) is 0 Å². The van der Waals surface area contributed by atoms with Crippen molar-refractivity contribution in [2.24, 2.45) is 5.73 Å². The molecule has 0 aliphatic rings. The van der Waals surface area contributed by atoms with Gasteiger partial charge in [0.2, 0.25) is 5.91 Å². The van der Waals surface area contributed by atoms with Crippen molar-refractivity contribution in [3.63, 3.8) is 0 Å². The molecule has 0 saturated carbocycles. The summed E-state index contributed by atoms with van der Waals surface area (Å²) in [5.74, 6) is -0.443. The Morgan fingerprint density at radius 2 is 2.04 bits per heavy atom. The van der Waals surface area contributed by atoms with Crippen molar-refractivity contribution in [3.8, 4) is 22.3 Å². The van der Waals surface area contributed by atoms with Crippen LogP contribution < -0.4 is 5.73 Å². The lowest BCUT2D eigenvalue weighted by molar-refractivity contribution is 0.100. The Morgan fingerprint density at radius 1 is 1.13 bits per heavy atom. The number of amides is 1. The van der Waals surface area contributed by atoms with E-state index < -0.39 is 5.91 Å². The van der Waals surface area contributed by atoms with E-state index in [0.29, 0.717) is 5.56 Å². The molecule has 3 N–H and O–H groups in total. The highest BCUT2D eigenvalue weighted by Gasteiger charge is 2.10. The Bertz CT molecular complexity index is 1000. The molecule has 0 unspecified atom stereocenters. The zero-order valence-corrected chi connectivity index (χ0v) is 12.1. The van der Waals surface area contributed by atoms with E-state index in [9.17, 15) is 4.79 Å². The zero-order valence-electron chi connectivity index (χ0n) is 12.1. The Morgan fingerprint density at radius 3 is 2.83 bits per heavy atom. The number of benzene rings is 1. The van der Waals surface area contributed by atoms with E-state index in [1.807, 2.05) is 30.5 Å². The molecule has 0 spiro atoms. The summed E-state index contributed by atoms with van der Waals surface area (Å²) in [5.41, 5.74) is 10.5. The molecule has 3 aromatic heterocycles. The average Bonchev–Trinajstić information content (AvgIpc) is 3.23. The van der Waals surface area contributed by atoms with Gasteiger partial charge in [0.1, 0.15) is 5.65 Å². The predicted molar refractivity (Wildman–Crippen MR) is 87.7 cm³/mol. The van der Waals surface area contributed by atoms with Crippen molar-refractivity contribution in [1.29, 1.82) is 0 Å². The van der Waals surface area contributed by atoms with E-state index in [2.05, 4.69) is 9.97 Å². The first-order valence-corrected chi connectivity index (χ1v) is 7.12. The highest BCUT2D eigenvalue weighted by molar-refractivity contribution is 5.97. The van der Waals surface area contributed by atoms with Crippen LogP contribution in [0.4, 0.5) is 0 Å². The number of hydrogen-bond donors (Lipinski definition) is 2. The number of hydrogen-bond acceptors (Lipinski definition) is 3. The molecular formula is C18H13N3O2. The molecular weight excluding hydrogens is 290 g/mol. The molecule has 0 fully saturated rings. The first-order chi connectivity index (χ1) is 11.2. The van der Waals surface area contributed by atoms with E-state index in [4.69, 9.17) is 10.2 Å². The maximum absolute atomic E-state index is 11.4. The number of primary amides is 1. The SMILES string of the molecule is NC(=O)c1cccc(-c2cnc3[nH]cc(-c4ccoc4)c3c2)c1. The number of nitrogens with two attached hydrogens (primary N) is 1. The average molecular weight is 303 g/mol. The van der Waals surface area contributed by atoms with Gasteiger partial charge in [-0.2, -0.15) is 0 Å². The minimum Gasteiger partial charge on any atom is -0.472 e. The lowest BCUT2D eigenvalue weighted by Gasteiger charge is -2.04. The van der Waals surface area contributed by atoms with Gasteiger partial charge in [-0.25, -0.2) is 4.98 Å². The summed E-state index contributed by atoms with van der Waals surface area (Å²) in [7, 11) is 0. The van der Waals surface area contributed by atoms with Crippen molar-refractivity contribution in [2.45, 2.75) is 0 Å². The third-order valence-corrected chi connectivity index (χ3v) is 3.84. The molecule has 4 aromatic rings. The number of carbonyl (C=O) groups excluding carboxylic acids is 1. The predicted octanol–water partition coefficient (Wildman–Crippen LogP) is 3.59. The summed E-state index contributed by atoms with van der Waals surface area (Å²) < 4.78 is 5.16. The number of pyridine rings is 1. The summed E-state index contributed by atoms with van der Waals surface area (Å²) in [6, 6.07) is 11.2. The number of aromatic nitrogens is 2. The van der Waals surface area contributed by atoms with Gasteiger partial charge in [-0.15, -0.1) is 0 Å². The normalized spacial score (nSPS) is 11.0. The molecule has 0 atom stereocenters. The number of carbonyl (C=O) groups is 1. The van der Waals surface area contributed by atoms with Crippen molar-refractivity contribution in [3.05, 3.63) is 66.9 Å². The van der Waals surface area contributed by atoms with Gasteiger partial charge in [-0.3, -0.25) is 4.79 Å². The fourth-order valence-electron chi connectivity index (χ4n) is 2.67. The Hall–Kier alpha value is -3.34. The minimum absolute atomic E-state index is 0.443. The number of nitrogens with one attached hydrogen (secondary N) is 1. The molecule has 1 aromatic carbocycles. The summed E-state index contributed by atoms with van der Waals surface area (Å²) >= 11 is 0. The number of H-pyrrole nitrogens is 1. The van der Waals surface area contributed by atoms with Gasteiger partial charge in [-0.05, 0) is 29.8 Å². The summed E-state index contributed by atoms with van der Waals surface area (Å²) in [6.07, 6.45) is 7.02. The van der Waals surface area contributed by atoms with Crippen LogP contribution in [0.25, 0.3) is 33.3 Å². The van der Waals surface area contributed by atoms with E-state index in [1.54, 1.807) is 30.9 Å². The van der Waals surface area contributed by atoms with Crippen LogP contribution in [0.3, 0.4) is 0 Å². The van der Waals surface area contributed by atoms with Crippen LogP contribution in [0.15, 0.2) is 65.7 Å². The van der Waals surface area contributed by atoms with Crippen LogP contribution in [-0.4, -0.2) is 15.9 Å². The second-order valence-electron chi connectivity index (χ2n) is 5.28. The molecule has 5 nitrogen and oxygen atoms in total. The standard InChI is InChI=1S/C18H13N3O2/c19-17(22)12-3-1-2-11(6-12)14-7-15-16(13-4-5-23-10-13)9-21-18(15)20-8-14/h1-10H,(H2,19,22)(H,20,21). The number of furan rings is 1. The second-order valence-corrected chi connectivity index (χ2v) is 5.28. The summed E-state index contributed by atoms with van der Waals surface area (Å²) in [6.45, 7) is 0. The molecule has 112 valence electrons. The lowest BCUT2D eigenvalue weighted by atomic mass is 10.0. The van der Waals surface area contributed by atoms with Crippen molar-refractivity contribution in [2.75, 3.05) is 0 Å². The van der Waals surface area contributed by atoms with Crippen molar-refractivity contribution >= 4 is 16.9 Å². The van der Waals surface area contributed by atoms with Gasteiger partial charge in [0.25, 0.3) is 0 Å². The van der Waals surface area contributed by atoms with E-state index in [0.717, 1.165) is 33.3 Å². The monoisotopic (exact) mass is 303 g/mol. The molecule has 5 heteroatoms. The number of rotatable bonds is 3. The van der Waals surface area contributed by atoms with Crippen molar-refractivity contribution < 1.29 is 9.21 Å². The Balaban J connectivity index is 1.87. The Labute approximate surface area is 131 Å². The number of aromatic amines is 1. The van der Waals surface area contributed by atoms with Crippen LogP contribution in [-0.2, 0) is 0 Å². The summed E-state index contributed by atoms with van der Waals surface area (Å²) in [4.78, 5) is 19.0. The molecule has 0 aliphatic carbocycles. The highest BCUT2D eigenvalue weighted by Crippen LogP contribution is 2.31. The molecule has 0 radical (unpaired) electrons. The molecule has 4 rings (SSSR count). The number of nitrogens with zero attached hydrogens (tertiary/aromatic N) is 1. The minimum atomic E-state index is -0.443. The smallest absolute Gasteiger partial charge is 0.248 e. The molecule has 0 saturated heterocycles. The van der Waals surface area contributed by atoms with Gasteiger partial charge in [0.15, 0.2) is 0 Å². The Kier molecular flexibility index (Phi) is 2.98. The van der Waals surface area contributed by atoms with Crippen LogP contribution >= 0.6 is 0 Å². The quantitative estimate of drug-likeness (QED) is 0.606. The fourth-order valence-corrected chi connectivity index (χ4v) is 2.67. The third kappa shape index (κ3) is 2.28. The van der Waals surface area contributed by atoms with Gasteiger partial charge in [0.05, 0.1) is 12.5 Å². The molecule has 23 heavy (non-hydrogen) atoms. The first kappa shape index (κ1) is 13.3. The van der Waals surface area contributed by atoms with E-state index in [-0.39, 0.29) is 0 Å². The number of fused-ring (bicyclic) bond motifs is 1. The molecule has 1 amide bonds. The lowest BCUT2D eigenvalue weighted by Crippen LogP contribution is -2.10. The first-order valence-electron chi connectivity index (χ1n) is 7.12. The van der Waals surface area contributed by atoms with E-state index >= 15 is 0 Å².